The van der Waals surface area contributed by atoms with Gasteiger partial charge in [0, 0.05) is 56.6 Å². The molecule has 0 amide bonds. The van der Waals surface area contributed by atoms with E-state index in [1.54, 1.807) is 14.2 Å². The molecule has 3 rings (SSSR count). The second-order valence-corrected chi connectivity index (χ2v) is 6.50. The van der Waals surface area contributed by atoms with Crippen LogP contribution in [0, 0.1) is 0 Å². The van der Waals surface area contributed by atoms with E-state index in [0.29, 0.717) is 0 Å². The van der Waals surface area contributed by atoms with Crippen molar-refractivity contribution in [3.8, 4) is 11.5 Å². The monoisotopic (exact) mass is 344 g/mol. The molecule has 1 saturated heterocycles. The second-order valence-electron chi connectivity index (χ2n) is 6.50. The predicted octanol–water partition coefficient (Wildman–Crippen LogP) is 2.36. The van der Waals surface area contributed by atoms with Crippen molar-refractivity contribution in [1.29, 1.82) is 0 Å². The highest BCUT2D eigenvalue weighted by Gasteiger charge is 2.19. The Labute approximate surface area is 149 Å². The summed E-state index contributed by atoms with van der Waals surface area (Å²) in [4.78, 5) is 4.92. The lowest BCUT2D eigenvalue weighted by molar-refractivity contribution is 0.120. The molecule has 1 fully saturated rings. The van der Waals surface area contributed by atoms with Gasteiger partial charge in [0.15, 0.2) is 0 Å². The van der Waals surface area contributed by atoms with Crippen LogP contribution in [0.5, 0.6) is 11.5 Å². The van der Waals surface area contributed by atoms with Crippen molar-refractivity contribution in [2.24, 2.45) is 0 Å². The van der Waals surface area contributed by atoms with E-state index in [1.165, 1.54) is 5.56 Å². The van der Waals surface area contributed by atoms with Gasteiger partial charge >= 0.3 is 0 Å². The van der Waals surface area contributed by atoms with Gasteiger partial charge in [0.25, 0.3) is 0 Å². The van der Waals surface area contributed by atoms with Crippen molar-refractivity contribution in [2.45, 2.75) is 13.0 Å². The Morgan fingerprint density at radius 2 is 1.64 bits per heavy atom. The summed E-state index contributed by atoms with van der Waals surface area (Å²) in [7, 11) is 3.43. The van der Waals surface area contributed by atoms with E-state index in [0.717, 1.165) is 68.0 Å². The van der Waals surface area contributed by atoms with E-state index < -0.39 is 0 Å². The lowest BCUT2D eigenvalue weighted by atomic mass is 10.0. The molecule has 1 N–H and O–H groups in total. The first-order chi connectivity index (χ1) is 12.3. The molecule has 1 heterocycles. The van der Waals surface area contributed by atoms with E-state index in [2.05, 4.69) is 28.0 Å². The molecule has 0 radical (unpaired) electrons. The minimum atomic E-state index is 0.276. The van der Waals surface area contributed by atoms with Gasteiger partial charge < -0.3 is 19.5 Å². The summed E-state index contributed by atoms with van der Waals surface area (Å²) in [6.07, 6.45) is 0.861. The van der Waals surface area contributed by atoms with Crippen LogP contribution in [0.3, 0.4) is 0 Å². The maximum Gasteiger partial charge on any atom is 0.127 e. The zero-order valence-corrected chi connectivity index (χ0v) is 15.2. The third-order valence-corrected chi connectivity index (χ3v) is 4.98. The van der Waals surface area contributed by atoms with E-state index in [9.17, 15) is 0 Å². The molecule has 5 heteroatoms. The van der Waals surface area contributed by atoms with Crippen LogP contribution in [-0.4, -0.2) is 68.5 Å². The molecule has 0 atom stereocenters. The van der Waals surface area contributed by atoms with Gasteiger partial charge in [0.2, 0.25) is 0 Å². The zero-order chi connectivity index (χ0) is 17.6. The Kier molecular flexibility index (Phi) is 6.13. The van der Waals surface area contributed by atoms with Gasteiger partial charge in [-0.2, -0.15) is 0 Å². The highest BCUT2D eigenvalue weighted by Crippen LogP contribution is 2.35. The molecule has 2 aromatic rings. The average molecular weight is 344 g/mol. The molecule has 1 aliphatic heterocycles. The van der Waals surface area contributed by atoms with Crippen molar-refractivity contribution < 1.29 is 14.6 Å². The molecule has 0 aromatic heterocycles. The van der Waals surface area contributed by atoms with Gasteiger partial charge in [-0.05, 0) is 24.1 Å². The Hall–Kier alpha value is -1.82. The topological polar surface area (TPSA) is 45.2 Å². The molecular formula is C20H28N2O3. The number of hydrogen-bond acceptors (Lipinski definition) is 5. The lowest BCUT2D eigenvalue weighted by Gasteiger charge is -2.34. The standard InChI is InChI=1S/C20H28N2O3/c1-24-18-8-7-16(20-17(18)5-3-6-19(20)25-2)15-22-12-10-21(11-13-22)9-4-14-23/h3,5-8,23H,4,9-15H2,1-2H3. The molecule has 0 aliphatic carbocycles. The minimum absolute atomic E-state index is 0.276. The first-order valence-corrected chi connectivity index (χ1v) is 8.95. The van der Waals surface area contributed by atoms with Crippen molar-refractivity contribution in [3.63, 3.8) is 0 Å². The van der Waals surface area contributed by atoms with Gasteiger partial charge in [0.05, 0.1) is 14.2 Å². The Bertz CT molecular complexity index is 697. The SMILES string of the molecule is COc1ccc(CN2CCN(CCCO)CC2)c2c(OC)cccc12. The fraction of sp³-hybridized carbons (Fsp3) is 0.500. The van der Waals surface area contributed by atoms with Crippen LogP contribution in [0.25, 0.3) is 10.8 Å². The summed E-state index contributed by atoms with van der Waals surface area (Å²) in [5.74, 6) is 1.78. The van der Waals surface area contributed by atoms with Crippen molar-refractivity contribution >= 4 is 10.8 Å². The van der Waals surface area contributed by atoms with Crippen LogP contribution < -0.4 is 9.47 Å². The Morgan fingerprint density at radius 1 is 0.920 bits per heavy atom. The average Bonchev–Trinajstić information content (AvgIpc) is 2.67. The number of rotatable bonds is 7. The maximum atomic E-state index is 8.98. The van der Waals surface area contributed by atoms with Crippen LogP contribution in [-0.2, 0) is 6.54 Å². The van der Waals surface area contributed by atoms with Crippen LogP contribution in [0.15, 0.2) is 30.3 Å². The van der Waals surface area contributed by atoms with Crippen molar-refractivity contribution in [2.75, 3.05) is 53.6 Å². The molecule has 0 spiro atoms. The summed E-state index contributed by atoms with van der Waals surface area (Å²) < 4.78 is 11.1. The third-order valence-electron chi connectivity index (χ3n) is 4.98. The largest absolute Gasteiger partial charge is 0.496 e. The normalized spacial score (nSPS) is 16.3. The number of hydrogen-bond donors (Lipinski definition) is 1. The zero-order valence-electron chi connectivity index (χ0n) is 15.2. The van der Waals surface area contributed by atoms with Gasteiger partial charge in [-0.1, -0.05) is 18.2 Å². The number of aliphatic hydroxyl groups excluding tert-OH is 1. The third kappa shape index (κ3) is 4.06. The van der Waals surface area contributed by atoms with Gasteiger partial charge in [-0.3, -0.25) is 4.90 Å². The fourth-order valence-corrected chi connectivity index (χ4v) is 3.60. The van der Waals surface area contributed by atoms with Gasteiger partial charge in [-0.25, -0.2) is 0 Å². The Morgan fingerprint density at radius 3 is 2.32 bits per heavy atom. The number of aliphatic hydroxyl groups is 1. The minimum Gasteiger partial charge on any atom is -0.496 e. The summed E-state index contributed by atoms with van der Waals surface area (Å²) in [5.41, 5.74) is 1.28. The fourth-order valence-electron chi connectivity index (χ4n) is 3.60. The number of methoxy groups -OCH3 is 2. The van der Waals surface area contributed by atoms with Crippen molar-refractivity contribution in [3.05, 3.63) is 35.9 Å². The van der Waals surface area contributed by atoms with E-state index in [-0.39, 0.29) is 6.61 Å². The quantitative estimate of drug-likeness (QED) is 0.835. The molecule has 2 aromatic carbocycles. The van der Waals surface area contributed by atoms with Gasteiger partial charge in [0.1, 0.15) is 11.5 Å². The number of fused-ring (bicyclic) bond motifs is 1. The molecule has 5 nitrogen and oxygen atoms in total. The molecule has 25 heavy (non-hydrogen) atoms. The number of ether oxygens (including phenoxy) is 2. The molecule has 0 bridgehead atoms. The van der Waals surface area contributed by atoms with E-state index in [1.807, 2.05) is 12.1 Å². The van der Waals surface area contributed by atoms with Crippen LogP contribution in [0.1, 0.15) is 12.0 Å². The first-order valence-electron chi connectivity index (χ1n) is 8.95. The molecule has 136 valence electrons. The highest BCUT2D eigenvalue weighted by atomic mass is 16.5. The van der Waals surface area contributed by atoms with Crippen molar-refractivity contribution in [1.82, 2.24) is 9.80 Å². The number of piperazine rings is 1. The van der Waals surface area contributed by atoms with Crippen LogP contribution >= 0.6 is 0 Å². The smallest absolute Gasteiger partial charge is 0.127 e. The lowest BCUT2D eigenvalue weighted by Crippen LogP contribution is -2.46. The maximum absolute atomic E-state index is 8.98. The second kappa shape index (κ2) is 8.52. The predicted molar refractivity (Wildman–Crippen MR) is 100 cm³/mol. The molecule has 1 aliphatic rings. The number of benzene rings is 2. The van der Waals surface area contributed by atoms with E-state index >= 15 is 0 Å². The molecule has 0 unspecified atom stereocenters. The summed E-state index contributed by atoms with van der Waals surface area (Å²) in [6.45, 7) is 6.40. The summed E-state index contributed by atoms with van der Waals surface area (Å²) in [5, 5.41) is 11.2. The number of nitrogens with zero attached hydrogens (tertiary/aromatic N) is 2. The van der Waals surface area contributed by atoms with Crippen LogP contribution in [0.4, 0.5) is 0 Å². The molecular weight excluding hydrogens is 316 g/mol. The summed E-state index contributed by atoms with van der Waals surface area (Å²) >= 11 is 0. The summed E-state index contributed by atoms with van der Waals surface area (Å²) in [6, 6.07) is 10.3. The van der Waals surface area contributed by atoms with E-state index in [4.69, 9.17) is 14.6 Å². The Balaban J connectivity index is 1.78. The first kappa shape index (κ1) is 18.0. The van der Waals surface area contributed by atoms with Crippen LogP contribution in [0.2, 0.25) is 0 Å². The van der Waals surface area contributed by atoms with Gasteiger partial charge in [-0.15, -0.1) is 0 Å². The highest BCUT2D eigenvalue weighted by molar-refractivity contribution is 5.95. The molecule has 0 saturated carbocycles.